The molecule has 0 fully saturated rings. The SMILES string of the molecule is CC(=O)N1CCOc2ccc(C(=O)CN)cc21. The predicted octanol–water partition coefficient (Wildman–Crippen LogP) is 0.573. The Morgan fingerprint density at radius 3 is 2.88 bits per heavy atom. The first-order chi connectivity index (χ1) is 8.13. The Kier molecular flexibility index (Phi) is 3.10. The van der Waals surface area contributed by atoms with E-state index in [1.165, 1.54) is 6.92 Å². The number of nitrogens with zero attached hydrogens (tertiary/aromatic N) is 1. The van der Waals surface area contributed by atoms with E-state index in [9.17, 15) is 9.59 Å². The van der Waals surface area contributed by atoms with Crippen LogP contribution in [0.25, 0.3) is 0 Å². The number of carbonyl (C=O) groups excluding carboxylic acids is 2. The van der Waals surface area contributed by atoms with Crippen molar-refractivity contribution in [3.8, 4) is 5.75 Å². The second-order valence-corrected chi connectivity index (χ2v) is 3.83. The third-order valence-corrected chi connectivity index (χ3v) is 2.71. The molecule has 1 heterocycles. The number of fused-ring (bicyclic) bond motifs is 1. The van der Waals surface area contributed by atoms with E-state index in [1.807, 2.05) is 0 Å². The number of hydrogen-bond donors (Lipinski definition) is 1. The van der Waals surface area contributed by atoms with Crippen LogP contribution in [0.1, 0.15) is 17.3 Å². The highest BCUT2D eigenvalue weighted by Crippen LogP contribution is 2.32. The number of amides is 1. The highest BCUT2D eigenvalue weighted by atomic mass is 16.5. The van der Waals surface area contributed by atoms with E-state index in [0.29, 0.717) is 30.2 Å². The van der Waals surface area contributed by atoms with Crippen LogP contribution in [0.4, 0.5) is 5.69 Å². The molecule has 5 heteroatoms. The van der Waals surface area contributed by atoms with Gasteiger partial charge in [-0.15, -0.1) is 0 Å². The van der Waals surface area contributed by atoms with E-state index in [1.54, 1.807) is 23.1 Å². The minimum Gasteiger partial charge on any atom is -0.490 e. The molecule has 0 aromatic heterocycles. The molecule has 0 atom stereocenters. The molecule has 1 aliphatic heterocycles. The lowest BCUT2D eigenvalue weighted by Crippen LogP contribution is -2.36. The number of ether oxygens (including phenoxy) is 1. The Hall–Kier alpha value is -1.88. The summed E-state index contributed by atoms with van der Waals surface area (Å²) in [6, 6.07) is 5.02. The Morgan fingerprint density at radius 1 is 1.47 bits per heavy atom. The van der Waals surface area contributed by atoms with E-state index >= 15 is 0 Å². The summed E-state index contributed by atoms with van der Waals surface area (Å²) in [5, 5.41) is 0. The maximum absolute atomic E-state index is 11.5. The van der Waals surface area contributed by atoms with Crippen molar-refractivity contribution in [3.05, 3.63) is 23.8 Å². The average molecular weight is 234 g/mol. The zero-order chi connectivity index (χ0) is 12.4. The third-order valence-electron chi connectivity index (χ3n) is 2.71. The zero-order valence-electron chi connectivity index (χ0n) is 9.60. The average Bonchev–Trinajstić information content (AvgIpc) is 2.36. The molecule has 0 unspecified atom stereocenters. The van der Waals surface area contributed by atoms with Gasteiger partial charge in [0.25, 0.3) is 0 Å². The van der Waals surface area contributed by atoms with E-state index in [-0.39, 0.29) is 18.2 Å². The van der Waals surface area contributed by atoms with Crippen molar-refractivity contribution >= 4 is 17.4 Å². The summed E-state index contributed by atoms with van der Waals surface area (Å²) in [6.07, 6.45) is 0. The minimum absolute atomic E-state index is 0.0419. The van der Waals surface area contributed by atoms with Crippen molar-refractivity contribution in [1.82, 2.24) is 0 Å². The van der Waals surface area contributed by atoms with Gasteiger partial charge >= 0.3 is 0 Å². The van der Waals surface area contributed by atoms with Crippen LogP contribution < -0.4 is 15.4 Å². The van der Waals surface area contributed by atoms with Crippen molar-refractivity contribution in [2.45, 2.75) is 6.92 Å². The molecule has 0 radical (unpaired) electrons. The number of anilines is 1. The number of Topliss-reactive ketones (excluding diaryl/α,β-unsaturated/α-hetero) is 1. The van der Waals surface area contributed by atoms with Crippen molar-refractivity contribution in [2.24, 2.45) is 5.73 Å². The molecule has 0 saturated heterocycles. The van der Waals surface area contributed by atoms with Crippen LogP contribution in [0.3, 0.4) is 0 Å². The Morgan fingerprint density at radius 2 is 2.24 bits per heavy atom. The van der Waals surface area contributed by atoms with E-state index in [2.05, 4.69) is 0 Å². The number of benzene rings is 1. The summed E-state index contributed by atoms with van der Waals surface area (Å²) < 4.78 is 5.44. The standard InChI is InChI=1S/C12H14N2O3/c1-8(15)14-4-5-17-12-3-2-9(6-10(12)14)11(16)7-13/h2-3,6H,4-5,7,13H2,1H3. The number of rotatable bonds is 2. The first-order valence-corrected chi connectivity index (χ1v) is 5.41. The number of carbonyl (C=O) groups is 2. The van der Waals surface area contributed by atoms with E-state index in [0.717, 1.165) is 0 Å². The molecule has 0 bridgehead atoms. The van der Waals surface area contributed by atoms with Crippen molar-refractivity contribution < 1.29 is 14.3 Å². The smallest absolute Gasteiger partial charge is 0.224 e. The molecule has 1 aliphatic rings. The van der Waals surface area contributed by atoms with Crippen molar-refractivity contribution in [1.29, 1.82) is 0 Å². The second-order valence-electron chi connectivity index (χ2n) is 3.83. The molecule has 17 heavy (non-hydrogen) atoms. The fourth-order valence-corrected chi connectivity index (χ4v) is 1.84. The van der Waals surface area contributed by atoms with Gasteiger partial charge in [0.1, 0.15) is 12.4 Å². The zero-order valence-corrected chi connectivity index (χ0v) is 9.60. The molecule has 1 aromatic carbocycles. The molecule has 2 N–H and O–H groups in total. The quantitative estimate of drug-likeness (QED) is 0.759. The summed E-state index contributed by atoms with van der Waals surface area (Å²) in [5.74, 6) is 0.411. The fraction of sp³-hybridized carbons (Fsp3) is 0.333. The number of ketones is 1. The third kappa shape index (κ3) is 2.14. The molecule has 5 nitrogen and oxygen atoms in total. The largest absolute Gasteiger partial charge is 0.490 e. The van der Waals surface area contributed by atoms with Crippen LogP contribution >= 0.6 is 0 Å². The highest BCUT2D eigenvalue weighted by molar-refractivity contribution is 6.01. The van der Waals surface area contributed by atoms with Crippen molar-refractivity contribution in [2.75, 3.05) is 24.6 Å². The molecular formula is C12H14N2O3. The Labute approximate surface area is 99.2 Å². The second kappa shape index (κ2) is 4.55. The molecule has 0 spiro atoms. The van der Waals surface area contributed by atoms with Gasteiger partial charge in [0.15, 0.2) is 5.78 Å². The lowest BCUT2D eigenvalue weighted by Gasteiger charge is -2.28. The van der Waals surface area contributed by atoms with Gasteiger partial charge in [0, 0.05) is 12.5 Å². The molecule has 2 rings (SSSR count). The van der Waals surface area contributed by atoms with Crippen LogP contribution in [0, 0.1) is 0 Å². The van der Waals surface area contributed by atoms with Crippen molar-refractivity contribution in [3.63, 3.8) is 0 Å². The summed E-state index contributed by atoms with van der Waals surface area (Å²) in [5.41, 5.74) is 6.46. The summed E-state index contributed by atoms with van der Waals surface area (Å²) in [4.78, 5) is 24.6. The van der Waals surface area contributed by atoms with Gasteiger partial charge in [-0.3, -0.25) is 9.59 Å². The molecular weight excluding hydrogens is 220 g/mol. The molecule has 1 amide bonds. The lowest BCUT2D eigenvalue weighted by molar-refractivity contribution is -0.116. The maximum Gasteiger partial charge on any atom is 0.224 e. The fourth-order valence-electron chi connectivity index (χ4n) is 1.84. The highest BCUT2D eigenvalue weighted by Gasteiger charge is 2.22. The van der Waals surface area contributed by atoms with Gasteiger partial charge < -0.3 is 15.4 Å². The summed E-state index contributed by atoms with van der Waals surface area (Å²) in [6.45, 7) is 2.42. The van der Waals surface area contributed by atoms with Gasteiger partial charge in [-0.2, -0.15) is 0 Å². The summed E-state index contributed by atoms with van der Waals surface area (Å²) in [7, 11) is 0. The van der Waals surface area contributed by atoms with Crippen LogP contribution in [-0.4, -0.2) is 31.4 Å². The maximum atomic E-state index is 11.5. The predicted molar refractivity (Wildman–Crippen MR) is 63.3 cm³/mol. The van der Waals surface area contributed by atoms with Crippen LogP contribution in [0.5, 0.6) is 5.75 Å². The molecule has 1 aromatic rings. The first kappa shape index (κ1) is 11.6. The van der Waals surface area contributed by atoms with E-state index in [4.69, 9.17) is 10.5 Å². The van der Waals surface area contributed by atoms with E-state index < -0.39 is 0 Å². The van der Waals surface area contributed by atoms with Crippen LogP contribution in [-0.2, 0) is 4.79 Å². The Balaban J connectivity index is 2.44. The monoisotopic (exact) mass is 234 g/mol. The summed E-state index contributed by atoms with van der Waals surface area (Å²) >= 11 is 0. The van der Waals surface area contributed by atoms with Gasteiger partial charge in [-0.1, -0.05) is 0 Å². The Bertz CT molecular complexity index is 471. The van der Waals surface area contributed by atoms with Crippen LogP contribution in [0.2, 0.25) is 0 Å². The van der Waals surface area contributed by atoms with Gasteiger partial charge in [0.05, 0.1) is 18.8 Å². The van der Waals surface area contributed by atoms with Gasteiger partial charge in [-0.05, 0) is 18.2 Å². The lowest BCUT2D eigenvalue weighted by atomic mass is 10.1. The molecule has 90 valence electrons. The molecule has 0 saturated carbocycles. The topological polar surface area (TPSA) is 72.6 Å². The first-order valence-electron chi connectivity index (χ1n) is 5.41. The van der Waals surface area contributed by atoms with Gasteiger partial charge in [-0.25, -0.2) is 0 Å². The number of hydrogen-bond acceptors (Lipinski definition) is 4. The van der Waals surface area contributed by atoms with Gasteiger partial charge in [0.2, 0.25) is 5.91 Å². The number of nitrogens with two attached hydrogens (primary N) is 1. The molecule has 0 aliphatic carbocycles. The minimum atomic E-state index is -0.151. The van der Waals surface area contributed by atoms with Crippen LogP contribution in [0.15, 0.2) is 18.2 Å². The normalized spacial score (nSPS) is 13.9.